The van der Waals surface area contributed by atoms with E-state index in [0.717, 1.165) is 37.1 Å². The molecule has 21 heavy (non-hydrogen) atoms. The van der Waals surface area contributed by atoms with Crippen molar-refractivity contribution in [2.45, 2.75) is 51.3 Å². The molecule has 2 atom stereocenters. The molecule has 0 aromatic heterocycles. The molecule has 1 aliphatic rings. The van der Waals surface area contributed by atoms with Gasteiger partial charge in [0.15, 0.2) is 0 Å². The van der Waals surface area contributed by atoms with Gasteiger partial charge in [-0.05, 0) is 57.4 Å². The number of urea groups is 1. The van der Waals surface area contributed by atoms with Gasteiger partial charge in [-0.3, -0.25) is 0 Å². The Morgan fingerprint density at radius 1 is 1.29 bits per heavy atom. The molecule has 5 nitrogen and oxygen atoms in total. The number of hydrogen-bond donors (Lipinski definition) is 4. The maximum atomic E-state index is 11.6. The van der Waals surface area contributed by atoms with Crippen molar-refractivity contribution >= 4 is 11.7 Å². The van der Waals surface area contributed by atoms with E-state index >= 15 is 0 Å². The van der Waals surface area contributed by atoms with Crippen LogP contribution in [0.1, 0.15) is 44.7 Å². The smallest absolute Gasteiger partial charge is 0.319 e. The summed E-state index contributed by atoms with van der Waals surface area (Å²) < 4.78 is 0. The Balaban J connectivity index is 1.78. The second-order valence-corrected chi connectivity index (χ2v) is 5.81. The van der Waals surface area contributed by atoms with Gasteiger partial charge in [-0.15, -0.1) is 0 Å². The number of hydrogen-bond acceptors (Lipinski definition) is 3. The van der Waals surface area contributed by atoms with Gasteiger partial charge in [-0.25, -0.2) is 4.79 Å². The van der Waals surface area contributed by atoms with Gasteiger partial charge in [-0.1, -0.05) is 12.1 Å². The number of anilines is 1. The van der Waals surface area contributed by atoms with Crippen LogP contribution >= 0.6 is 0 Å². The van der Waals surface area contributed by atoms with E-state index in [-0.39, 0.29) is 18.2 Å². The highest BCUT2D eigenvalue weighted by molar-refractivity contribution is 5.89. The van der Waals surface area contributed by atoms with Crippen molar-refractivity contribution in [3.63, 3.8) is 0 Å². The number of aliphatic hydroxyl groups is 1. The number of carbonyl (C=O) groups is 1. The fraction of sp³-hybridized carbons (Fsp3) is 0.562. The van der Waals surface area contributed by atoms with E-state index in [0.29, 0.717) is 6.04 Å². The van der Waals surface area contributed by atoms with Crippen LogP contribution in [0.3, 0.4) is 0 Å². The lowest BCUT2D eigenvalue weighted by molar-refractivity contribution is 0.182. The molecule has 1 fully saturated rings. The maximum absolute atomic E-state index is 11.6. The Morgan fingerprint density at radius 2 is 1.95 bits per heavy atom. The van der Waals surface area contributed by atoms with E-state index in [9.17, 15) is 9.90 Å². The number of carbonyl (C=O) groups excluding carboxylic acids is 1. The first-order valence-corrected chi connectivity index (χ1v) is 7.63. The number of rotatable bonds is 7. The van der Waals surface area contributed by atoms with E-state index in [1.807, 2.05) is 24.3 Å². The summed E-state index contributed by atoms with van der Waals surface area (Å²) in [4.78, 5) is 11.6. The molecule has 116 valence electrons. The van der Waals surface area contributed by atoms with Crippen molar-refractivity contribution in [1.82, 2.24) is 10.6 Å². The Labute approximate surface area is 126 Å². The predicted octanol–water partition coefficient (Wildman–Crippen LogP) is 2.39. The van der Waals surface area contributed by atoms with Crippen LogP contribution in [0.4, 0.5) is 10.5 Å². The highest BCUT2D eigenvalue weighted by atomic mass is 16.3. The van der Waals surface area contributed by atoms with Gasteiger partial charge in [0.05, 0.1) is 6.10 Å². The normalized spacial score (nSPS) is 17.1. The molecule has 2 rings (SSSR count). The lowest BCUT2D eigenvalue weighted by Gasteiger charge is -2.15. The van der Waals surface area contributed by atoms with Gasteiger partial charge < -0.3 is 21.1 Å². The summed E-state index contributed by atoms with van der Waals surface area (Å²) in [5.41, 5.74) is 1.96. The number of nitrogens with one attached hydrogen (secondary N) is 3. The highest BCUT2D eigenvalue weighted by Crippen LogP contribution is 2.19. The van der Waals surface area contributed by atoms with Gasteiger partial charge in [-0.2, -0.15) is 0 Å². The highest BCUT2D eigenvalue weighted by Gasteiger charge is 2.23. The van der Waals surface area contributed by atoms with Gasteiger partial charge in [0.1, 0.15) is 0 Å². The quantitative estimate of drug-likeness (QED) is 0.623. The van der Waals surface area contributed by atoms with Crippen LogP contribution in [-0.2, 0) is 0 Å². The van der Waals surface area contributed by atoms with Crippen LogP contribution in [0, 0.1) is 0 Å². The largest absolute Gasteiger partial charge is 0.393 e. The zero-order chi connectivity index (χ0) is 15.2. The molecule has 0 heterocycles. The minimum absolute atomic E-state index is 0.131. The second kappa shape index (κ2) is 7.43. The van der Waals surface area contributed by atoms with Gasteiger partial charge in [0, 0.05) is 17.8 Å². The molecule has 2 unspecified atom stereocenters. The monoisotopic (exact) mass is 291 g/mol. The van der Waals surface area contributed by atoms with Gasteiger partial charge >= 0.3 is 6.03 Å². The van der Waals surface area contributed by atoms with E-state index in [1.54, 1.807) is 6.92 Å². The summed E-state index contributed by atoms with van der Waals surface area (Å²) in [6.45, 7) is 4.66. The first-order valence-electron chi connectivity index (χ1n) is 7.63. The van der Waals surface area contributed by atoms with Crippen molar-refractivity contribution in [3.8, 4) is 0 Å². The first kappa shape index (κ1) is 15.8. The van der Waals surface area contributed by atoms with E-state index in [1.165, 1.54) is 0 Å². The topological polar surface area (TPSA) is 73.4 Å². The van der Waals surface area contributed by atoms with Gasteiger partial charge in [0.2, 0.25) is 0 Å². The molecule has 1 aromatic rings. The number of benzene rings is 1. The average molecular weight is 291 g/mol. The molecule has 1 saturated carbocycles. The minimum atomic E-state index is -0.277. The SMILES string of the molecule is CC(O)CCNC(C)c1ccc(NC(=O)NC2CC2)cc1. The third-order valence-corrected chi connectivity index (χ3v) is 3.59. The fourth-order valence-corrected chi connectivity index (χ4v) is 2.06. The lowest BCUT2D eigenvalue weighted by atomic mass is 10.1. The van der Waals surface area contributed by atoms with E-state index in [2.05, 4.69) is 22.9 Å². The van der Waals surface area contributed by atoms with Crippen LogP contribution in [0.2, 0.25) is 0 Å². The van der Waals surface area contributed by atoms with Crippen molar-refractivity contribution in [3.05, 3.63) is 29.8 Å². The summed E-state index contributed by atoms with van der Waals surface area (Å²) in [5, 5.41) is 18.3. The standard InChI is InChI=1S/C16H25N3O2/c1-11(20)9-10-17-12(2)13-3-5-14(6-4-13)18-16(21)19-15-7-8-15/h3-6,11-12,15,17,20H,7-10H2,1-2H3,(H2,18,19,21). The molecule has 1 aromatic carbocycles. The maximum Gasteiger partial charge on any atom is 0.319 e. The molecule has 0 spiro atoms. The second-order valence-electron chi connectivity index (χ2n) is 5.81. The molecule has 1 aliphatic carbocycles. The summed E-state index contributed by atoms with van der Waals surface area (Å²) in [5.74, 6) is 0. The van der Waals surface area contributed by atoms with Crippen molar-refractivity contribution in [2.24, 2.45) is 0 Å². The predicted molar refractivity (Wildman–Crippen MR) is 84.3 cm³/mol. The molecular formula is C16H25N3O2. The molecule has 5 heteroatoms. The molecule has 0 aliphatic heterocycles. The van der Waals surface area contributed by atoms with E-state index in [4.69, 9.17) is 0 Å². The van der Waals surface area contributed by atoms with E-state index < -0.39 is 0 Å². The fourth-order valence-electron chi connectivity index (χ4n) is 2.06. The summed E-state index contributed by atoms with van der Waals surface area (Å²) >= 11 is 0. The van der Waals surface area contributed by atoms with Crippen molar-refractivity contribution in [2.75, 3.05) is 11.9 Å². The third-order valence-electron chi connectivity index (χ3n) is 3.59. The average Bonchev–Trinajstić information content (AvgIpc) is 3.22. The molecule has 0 radical (unpaired) electrons. The van der Waals surface area contributed by atoms with Crippen LogP contribution in [0.5, 0.6) is 0 Å². The Hall–Kier alpha value is -1.59. The minimum Gasteiger partial charge on any atom is -0.393 e. The molecule has 2 amide bonds. The van der Waals surface area contributed by atoms with Gasteiger partial charge in [0.25, 0.3) is 0 Å². The molecular weight excluding hydrogens is 266 g/mol. The van der Waals surface area contributed by atoms with Crippen LogP contribution in [-0.4, -0.2) is 29.8 Å². The number of amides is 2. The third kappa shape index (κ3) is 5.73. The lowest BCUT2D eigenvalue weighted by Crippen LogP contribution is -2.30. The molecule has 0 saturated heterocycles. The number of aliphatic hydroxyl groups excluding tert-OH is 1. The van der Waals surface area contributed by atoms with Crippen LogP contribution < -0.4 is 16.0 Å². The van der Waals surface area contributed by atoms with Crippen molar-refractivity contribution < 1.29 is 9.90 Å². The molecule has 0 bridgehead atoms. The Bertz CT molecular complexity index is 455. The first-order chi connectivity index (χ1) is 10.0. The Kier molecular flexibility index (Phi) is 5.59. The zero-order valence-electron chi connectivity index (χ0n) is 12.7. The van der Waals surface area contributed by atoms with Crippen molar-refractivity contribution in [1.29, 1.82) is 0 Å². The summed E-state index contributed by atoms with van der Waals surface area (Å²) in [7, 11) is 0. The Morgan fingerprint density at radius 3 is 2.52 bits per heavy atom. The zero-order valence-corrected chi connectivity index (χ0v) is 12.7. The summed E-state index contributed by atoms with van der Waals surface area (Å²) in [6.07, 6.45) is 2.64. The summed E-state index contributed by atoms with van der Waals surface area (Å²) in [6, 6.07) is 8.29. The van der Waals surface area contributed by atoms with Crippen LogP contribution in [0.15, 0.2) is 24.3 Å². The molecule has 4 N–H and O–H groups in total. The van der Waals surface area contributed by atoms with Crippen LogP contribution in [0.25, 0.3) is 0 Å².